The second-order valence-corrected chi connectivity index (χ2v) is 8.98. The van der Waals surface area contributed by atoms with E-state index in [9.17, 15) is 14.4 Å². The summed E-state index contributed by atoms with van der Waals surface area (Å²) in [4.78, 5) is 38.6. The molecule has 0 unspecified atom stereocenters. The number of ketones is 1. The average Bonchev–Trinajstić information content (AvgIpc) is 2.80. The van der Waals surface area contributed by atoms with Crippen LogP contribution in [0.15, 0.2) is 36.4 Å². The molecule has 7 heteroatoms. The normalized spacial score (nSPS) is 16.8. The van der Waals surface area contributed by atoms with Crippen LogP contribution >= 0.6 is 0 Å². The SMILES string of the molecule is COc1cc(/C=C/C(=O)N2CCC3(CC2)CC(=O)c2cc(C)c(C)cc2O3)ccc1OC(C)=O. The van der Waals surface area contributed by atoms with E-state index < -0.39 is 11.6 Å². The van der Waals surface area contributed by atoms with Crippen LogP contribution in [0, 0.1) is 13.8 Å². The Morgan fingerprint density at radius 2 is 1.76 bits per heavy atom. The second-order valence-electron chi connectivity index (χ2n) is 8.98. The fraction of sp³-hybridized carbons (Fsp3) is 0.370. The van der Waals surface area contributed by atoms with Gasteiger partial charge in [0, 0.05) is 38.9 Å². The van der Waals surface area contributed by atoms with Crippen molar-refractivity contribution < 1.29 is 28.6 Å². The first-order chi connectivity index (χ1) is 16.2. The number of likely N-dealkylation sites (tertiary alicyclic amines) is 1. The van der Waals surface area contributed by atoms with Crippen molar-refractivity contribution in [3.05, 3.63) is 58.7 Å². The van der Waals surface area contributed by atoms with Crippen LogP contribution in [0.2, 0.25) is 0 Å². The van der Waals surface area contributed by atoms with Crippen molar-refractivity contribution in [1.29, 1.82) is 0 Å². The van der Waals surface area contributed by atoms with Crippen LogP contribution in [0.3, 0.4) is 0 Å². The number of piperidine rings is 1. The molecule has 0 N–H and O–H groups in total. The fourth-order valence-electron chi connectivity index (χ4n) is 4.46. The van der Waals surface area contributed by atoms with Gasteiger partial charge in [0.25, 0.3) is 0 Å². The number of methoxy groups -OCH3 is 1. The molecule has 178 valence electrons. The van der Waals surface area contributed by atoms with Gasteiger partial charge in [0.05, 0.1) is 19.1 Å². The lowest BCUT2D eigenvalue weighted by Gasteiger charge is -2.44. The molecule has 1 spiro atoms. The Bertz CT molecular complexity index is 1170. The number of aryl methyl sites for hydroxylation is 2. The van der Waals surface area contributed by atoms with Crippen LogP contribution in [0.4, 0.5) is 0 Å². The first-order valence-electron chi connectivity index (χ1n) is 11.4. The molecule has 1 saturated heterocycles. The minimum atomic E-state index is -0.549. The molecule has 1 amide bonds. The number of Topliss-reactive ketones (excluding diaryl/α,β-unsaturated/α-hetero) is 1. The van der Waals surface area contributed by atoms with E-state index in [2.05, 4.69) is 0 Å². The van der Waals surface area contributed by atoms with Crippen molar-refractivity contribution in [2.24, 2.45) is 0 Å². The molecule has 7 nitrogen and oxygen atoms in total. The number of esters is 1. The van der Waals surface area contributed by atoms with Crippen LogP contribution < -0.4 is 14.2 Å². The van der Waals surface area contributed by atoms with Crippen molar-refractivity contribution in [2.45, 2.75) is 45.6 Å². The summed E-state index contributed by atoms with van der Waals surface area (Å²) in [7, 11) is 1.49. The highest BCUT2D eigenvalue weighted by atomic mass is 16.6. The number of benzene rings is 2. The molecular weight excluding hydrogens is 434 g/mol. The van der Waals surface area contributed by atoms with Gasteiger partial charge >= 0.3 is 5.97 Å². The molecule has 1 fully saturated rings. The predicted molar refractivity (Wildman–Crippen MR) is 127 cm³/mol. The van der Waals surface area contributed by atoms with Gasteiger partial charge in [-0.3, -0.25) is 14.4 Å². The number of carbonyl (C=O) groups is 3. The van der Waals surface area contributed by atoms with E-state index in [-0.39, 0.29) is 11.7 Å². The van der Waals surface area contributed by atoms with Crippen LogP contribution in [-0.2, 0) is 9.59 Å². The number of hydrogen-bond donors (Lipinski definition) is 0. The minimum Gasteiger partial charge on any atom is -0.493 e. The summed E-state index contributed by atoms with van der Waals surface area (Å²) in [5.41, 5.74) is 3.03. The summed E-state index contributed by atoms with van der Waals surface area (Å²) < 4.78 is 16.7. The quantitative estimate of drug-likeness (QED) is 0.383. The minimum absolute atomic E-state index is 0.105. The van der Waals surface area contributed by atoms with Crippen LogP contribution in [0.5, 0.6) is 17.2 Å². The van der Waals surface area contributed by atoms with Gasteiger partial charge in [0.2, 0.25) is 5.91 Å². The van der Waals surface area contributed by atoms with Gasteiger partial charge in [0.1, 0.15) is 11.4 Å². The lowest BCUT2D eigenvalue weighted by molar-refractivity contribution is -0.132. The Hall–Kier alpha value is -3.61. The van der Waals surface area contributed by atoms with Gasteiger partial charge < -0.3 is 19.1 Å². The molecule has 2 heterocycles. The van der Waals surface area contributed by atoms with E-state index in [0.717, 1.165) is 16.7 Å². The zero-order valence-corrected chi connectivity index (χ0v) is 20.0. The van der Waals surface area contributed by atoms with Crippen molar-refractivity contribution in [2.75, 3.05) is 20.2 Å². The van der Waals surface area contributed by atoms with Gasteiger partial charge in [0.15, 0.2) is 17.3 Å². The molecule has 4 rings (SSSR count). The number of amides is 1. The maximum atomic E-state index is 12.8. The van der Waals surface area contributed by atoms with Gasteiger partial charge in [-0.1, -0.05) is 6.07 Å². The van der Waals surface area contributed by atoms with E-state index in [1.54, 1.807) is 29.2 Å². The molecule has 0 aromatic heterocycles. The fourth-order valence-corrected chi connectivity index (χ4v) is 4.46. The lowest BCUT2D eigenvalue weighted by atomic mass is 9.82. The first kappa shape index (κ1) is 23.5. The van der Waals surface area contributed by atoms with E-state index in [0.29, 0.717) is 55.2 Å². The van der Waals surface area contributed by atoms with Crippen molar-refractivity contribution in [1.82, 2.24) is 4.90 Å². The number of ether oxygens (including phenoxy) is 3. The average molecular weight is 464 g/mol. The molecular formula is C27H29NO6. The number of fused-ring (bicyclic) bond motifs is 1. The van der Waals surface area contributed by atoms with E-state index in [1.165, 1.54) is 20.1 Å². The standard InChI is InChI=1S/C27H29NO6/c1-17-13-21-22(30)16-27(34-24(21)14-18(17)2)9-11-28(12-10-27)26(31)8-6-20-5-7-23(33-19(3)29)25(15-20)32-4/h5-8,13-15H,9-12,16H2,1-4H3/b8-6+. The molecule has 0 atom stereocenters. The van der Waals surface area contributed by atoms with Crippen molar-refractivity contribution in [3.8, 4) is 17.2 Å². The highest BCUT2D eigenvalue weighted by Gasteiger charge is 2.43. The first-order valence-corrected chi connectivity index (χ1v) is 11.4. The smallest absolute Gasteiger partial charge is 0.308 e. The monoisotopic (exact) mass is 463 g/mol. The third kappa shape index (κ3) is 4.83. The summed E-state index contributed by atoms with van der Waals surface area (Å²) in [6, 6.07) is 8.95. The zero-order valence-electron chi connectivity index (χ0n) is 20.0. The Kier molecular flexibility index (Phi) is 6.46. The second kappa shape index (κ2) is 9.33. The van der Waals surface area contributed by atoms with Crippen LogP contribution in [0.25, 0.3) is 6.08 Å². The number of carbonyl (C=O) groups excluding carboxylic acids is 3. The van der Waals surface area contributed by atoms with Crippen LogP contribution in [0.1, 0.15) is 53.2 Å². The molecule has 2 aromatic rings. The van der Waals surface area contributed by atoms with E-state index in [1.807, 2.05) is 26.0 Å². The molecule has 2 aliphatic heterocycles. The van der Waals surface area contributed by atoms with Gasteiger partial charge in [-0.25, -0.2) is 0 Å². The lowest BCUT2D eigenvalue weighted by Crippen LogP contribution is -2.52. The Morgan fingerprint density at radius 1 is 1.06 bits per heavy atom. The van der Waals surface area contributed by atoms with E-state index >= 15 is 0 Å². The maximum Gasteiger partial charge on any atom is 0.308 e. The highest BCUT2D eigenvalue weighted by molar-refractivity contribution is 6.00. The number of rotatable bonds is 4. The molecule has 0 saturated carbocycles. The summed E-state index contributed by atoms with van der Waals surface area (Å²) >= 11 is 0. The molecule has 2 aliphatic rings. The summed E-state index contributed by atoms with van der Waals surface area (Å²) in [5.74, 6) is 0.965. The zero-order chi connectivity index (χ0) is 24.5. The summed E-state index contributed by atoms with van der Waals surface area (Å²) in [6.07, 6.45) is 4.78. The summed E-state index contributed by atoms with van der Waals surface area (Å²) in [5, 5.41) is 0. The largest absolute Gasteiger partial charge is 0.493 e. The van der Waals surface area contributed by atoms with Crippen LogP contribution in [-0.4, -0.2) is 48.4 Å². The molecule has 0 radical (unpaired) electrons. The maximum absolute atomic E-state index is 12.8. The highest BCUT2D eigenvalue weighted by Crippen LogP contribution is 2.40. The van der Waals surface area contributed by atoms with E-state index in [4.69, 9.17) is 14.2 Å². The van der Waals surface area contributed by atoms with Gasteiger partial charge in [-0.05, 0) is 60.9 Å². The van der Waals surface area contributed by atoms with Crippen molar-refractivity contribution in [3.63, 3.8) is 0 Å². The number of nitrogens with zero attached hydrogens (tertiary/aromatic N) is 1. The Labute approximate surface area is 199 Å². The van der Waals surface area contributed by atoms with Crippen molar-refractivity contribution >= 4 is 23.7 Å². The molecule has 2 aromatic carbocycles. The molecule has 0 bridgehead atoms. The predicted octanol–water partition coefficient (Wildman–Crippen LogP) is 4.28. The Morgan fingerprint density at radius 3 is 2.44 bits per heavy atom. The number of hydrogen-bond acceptors (Lipinski definition) is 6. The third-order valence-corrected chi connectivity index (χ3v) is 6.55. The third-order valence-electron chi connectivity index (χ3n) is 6.55. The van der Waals surface area contributed by atoms with Gasteiger partial charge in [-0.15, -0.1) is 0 Å². The van der Waals surface area contributed by atoms with Gasteiger partial charge in [-0.2, -0.15) is 0 Å². The summed E-state index contributed by atoms with van der Waals surface area (Å²) in [6.45, 7) is 6.37. The Balaban J connectivity index is 1.40. The topological polar surface area (TPSA) is 82.1 Å². The molecule has 0 aliphatic carbocycles. The molecule has 34 heavy (non-hydrogen) atoms.